The van der Waals surface area contributed by atoms with Gasteiger partial charge in [-0.2, -0.15) is 0 Å². The van der Waals surface area contributed by atoms with Crippen molar-refractivity contribution in [3.63, 3.8) is 0 Å². The lowest BCUT2D eigenvalue weighted by Crippen LogP contribution is -2.65. The number of piperazine rings is 1. The summed E-state index contributed by atoms with van der Waals surface area (Å²) < 4.78 is 0. The molecule has 1 saturated heterocycles. The Morgan fingerprint density at radius 1 is 1.00 bits per heavy atom. The summed E-state index contributed by atoms with van der Waals surface area (Å²) in [6.45, 7) is 1.81. The van der Waals surface area contributed by atoms with Gasteiger partial charge >= 0.3 is 0 Å². The molecule has 1 heterocycles. The molecule has 2 aliphatic carbocycles. The maximum absolute atomic E-state index is 12.5. The lowest BCUT2D eigenvalue weighted by Gasteiger charge is -2.43. The van der Waals surface area contributed by atoms with Crippen LogP contribution in [-0.4, -0.2) is 34.8 Å². The van der Waals surface area contributed by atoms with Crippen LogP contribution in [0.5, 0.6) is 0 Å². The van der Waals surface area contributed by atoms with E-state index < -0.39 is 0 Å². The monoisotopic (exact) mass is 264 g/mol. The summed E-state index contributed by atoms with van der Waals surface area (Å²) in [5.41, 5.74) is 0. The van der Waals surface area contributed by atoms with Gasteiger partial charge in [0.25, 0.3) is 0 Å². The zero-order valence-corrected chi connectivity index (χ0v) is 11.7. The highest BCUT2D eigenvalue weighted by atomic mass is 16.2. The normalized spacial score (nSPS) is 34.1. The fourth-order valence-electron chi connectivity index (χ4n) is 3.64. The van der Waals surface area contributed by atoms with Crippen molar-refractivity contribution >= 4 is 11.8 Å². The molecule has 4 nitrogen and oxygen atoms in total. The molecule has 0 aromatic rings. The Kier molecular flexibility index (Phi) is 3.50. The summed E-state index contributed by atoms with van der Waals surface area (Å²) in [5.74, 6) is 0.641. The molecule has 1 aliphatic heterocycles. The Hall–Kier alpha value is -1.06. The third-order valence-electron chi connectivity index (χ3n) is 4.84. The average Bonchev–Trinajstić information content (AvgIpc) is 3.19. The van der Waals surface area contributed by atoms with E-state index in [-0.39, 0.29) is 23.9 Å². The first-order valence-electron chi connectivity index (χ1n) is 7.81. The smallest absolute Gasteiger partial charge is 0.245 e. The van der Waals surface area contributed by atoms with Gasteiger partial charge in [-0.05, 0) is 38.5 Å². The Bertz CT molecular complexity index is 370. The summed E-state index contributed by atoms with van der Waals surface area (Å²) in [7, 11) is 0. The van der Waals surface area contributed by atoms with Crippen LogP contribution < -0.4 is 5.32 Å². The molecule has 0 spiro atoms. The van der Waals surface area contributed by atoms with E-state index in [1.54, 1.807) is 0 Å². The molecule has 0 aromatic carbocycles. The molecule has 2 amide bonds. The van der Waals surface area contributed by atoms with E-state index in [2.05, 4.69) is 5.32 Å². The number of nitrogens with zero attached hydrogens (tertiary/aromatic N) is 1. The molecule has 19 heavy (non-hydrogen) atoms. The highest BCUT2D eigenvalue weighted by molar-refractivity contribution is 5.97. The van der Waals surface area contributed by atoms with Crippen LogP contribution in [0, 0.1) is 5.92 Å². The van der Waals surface area contributed by atoms with Crippen molar-refractivity contribution < 1.29 is 9.59 Å². The Balaban J connectivity index is 1.83. The third kappa shape index (κ3) is 2.49. The number of hydrogen-bond acceptors (Lipinski definition) is 2. The summed E-state index contributed by atoms with van der Waals surface area (Å²) in [6.07, 6.45) is 9.29. The second kappa shape index (κ2) is 5.14. The fourth-order valence-corrected chi connectivity index (χ4v) is 3.64. The Labute approximate surface area is 114 Å². The molecule has 2 saturated carbocycles. The first-order chi connectivity index (χ1) is 9.18. The quantitative estimate of drug-likeness (QED) is 0.774. The lowest BCUT2D eigenvalue weighted by molar-refractivity contribution is -0.153. The van der Waals surface area contributed by atoms with Crippen LogP contribution in [0.4, 0.5) is 0 Å². The summed E-state index contributed by atoms with van der Waals surface area (Å²) in [4.78, 5) is 26.8. The maximum atomic E-state index is 12.5. The van der Waals surface area contributed by atoms with Crippen LogP contribution in [-0.2, 0) is 9.59 Å². The molecule has 3 aliphatic rings. The first-order valence-corrected chi connectivity index (χ1v) is 7.81. The Morgan fingerprint density at radius 3 is 2.21 bits per heavy atom. The van der Waals surface area contributed by atoms with Gasteiger partial charge in [-0.25, -0.2) is 0 Å². The van der Waals surface area contributed by atoms with Crippen molar-refractivity contribution in [2.45, 2.75) is 76.4 Å². The van der Waals surface area contributed by atoms with Crippen molar-refractivity contribution in [1.29, 1.82) is 0 Å². The largest absolute Gasteiger partial charge is 0.343 e. The van der Waals surface area contributed by atoms with E-state index in [4.69, 9.17) is 0 Å². The standard InChI is InChI=1S/C15H24N2O2/c1-10-15(19)17(12-6-4-2-3-5-7-12)13(11-8-9-11)14(18)16-10/h10-13H,2-9H2,1H3,(H,16,18). The van der Waals surface area contributed by atoms with E-state index >= 15 is 0 Å². The van der Waals surface area contributed by atoms with E-state index in [9.17, 15) is 9.59 Å². The molecule has 0 aromatic heterocycles. The zero-order valence-electron chi connectivity index (χ0n) is 11.7. The van der Waals surface area contributed by atoms with E-state index in [1.165, 1.54) is 25.7 Å². The van der Waals surface area contributed by atoms with Gasteiger partial charge in [0.15, 0.2) is 0 Å². The van der Waals surface area contributed by atoms with Gasteiger partial charge in [0.05, 0.1) is 0 Å². The van der Waals surface area contributed by atoms with Crippen LogP contribution in [0.15, 0.2) is 0 Å². The SMILES string of the molecule is CC1NC(=O)C(C2CC2)N(C2CCCCCC2)C1=O. The number of carbonyl (C=O) groups is 2. The fraction of sp³-hybridized carbons (Fsp3) is 0.867. The summed E-state index contributed by atoms with van der Waals surface area (Å²) >= 11 is 0. The number of carbonyl (C=O) groups excluding carboxylic acids is 2. The van der Waals surface area contributed by atoms with Gasteiger partial charge < -0.3 is 10.2 Å². The van der Waals surface area contributed by atoms with Crippen LogP contribution in [0.25, 0.3) is 0 Å². The molecule has 2 unspecified atom stereocenters. The molecule has 4 heteroatoms. The van der Waals surface area contributed by atoms with Crippen LogP contribution in [0.2, 0.25) is 0 Å². The van der Waals surface area contributed by atoms with Crippen molar-refractivity contribution in [3.8, 4) is 0 Å². The third-order valence-corrected chi connectivity index (χ3v) is 4.84. The van der Waals surface area contributed by atoms with Gasteiger partial charge in [-0.1, -0.05) is 25.7 Å². The number of hydrogen-bond donors (Lipinski definition) is 1. The second-order valence-electron chi connectivity index (χ2n) is 6.40. The molecule has 0 radical (unpaired) electrons. The van der Waals surface area contributed by atoms with Crippen molar-refractivity contribution in [2.75, 3.05) is 0 Å². The van der Waals surface area contributed by atoms with E-state index in [0.717, 1.165) is 25.7 Å². The second-order valence-corrected chi connectivity index (χ2v) is 6.40. The molecular weight excluding hydrogens is 240 g/mol. The number of nitrogens with one attached hydrogen (secondary N) is 1. The minimum atomic E-state index is -0.342. The molecule has 1 N–H and O–H groups in total. The maximum Gasteiger partial charge on any atom is 0.245 e. The van der Waals surface area contributed by atoms with Crippen LogP contribution in [0.3, 0.4) is 0 Å². The van der Waals surface area contributed by atoms with Crippen molar-refractivity contribution in [3.05, 3.63) is 0 Å². The molecule has 106 valence electrons. The van der Waals surface area contributed by atoms with Crippen LogP contribution >= 0.6 is 0 Å². The van der Waals surface area contributed by atoms with Gasteiger partial charge in [-0.15, -0.1) is 0 Å². The van der Waals surface area contributed by atoms with Crippen LogP contribution in [0.1, 0.15) is 58.3 Å². The molecule has 3 fully saturated rings. The minimum absolute atomic E-state index is 0.0823. The van der Waals surface area contributed by atoms with Gasteiger partial charge in [0.2, 0.25) is 11.8 Å². The molecule has 3 rings (SSSR count). The van der Waals surface area contributed by atoms with Gasteiger partial charge in [0.1, 0.15) is 12.1 Å². The highest BCUT2D eigenvalue weighted by Crippen LogP contribution is 2.39. The molecule has 0 bridgehead atoms. The summed E-state index contributed by atoms with van der Waals surface area (Å²) in [6, 6.07) is -0.216. The number of amides is 2. The predicted octanol–water partition coefficient (Wildman–Crippen LogP) is 1.83. The number of rotatable bonds is 2. The summed E-state index contributed by atoms with van der Waals surface area (Å²) in [5, 5.41) is 2.85. The van der Waals surface area contributed by atoms with Crippen molar-refractivity contribution in [2.24, 2.45) is 5.92 Å². The minimum Gasteiger partial charge on any atom is -0.343 e. The lowest BCUT2D eigenvalue weighted by atomic mass is 9.97. The average molecular weight is 264 g/mol. The van der Waals surface area contributed by atoms with E-state index in [0.29, 0.717) is 12.0 Å². The highest BCUT2D eigenvalue weighted by Gasteiger charge is 2.48. The van der Waals surface area contributed by atoms with Crippen molar-refractivity contribution in [1.82, 2.24) is 10.2 Å². The predicted molar refractivity (Wildman–Crippen MR) is 72.5 cm³/mol. The van der Waals surface area contributed by atoms with E-state index in [1.807, 2.05) is 11.8 Å². The molecular formula is C15H24N2O2. The molecule has 2 atom stereocenters. The van der Waals surface area contributed by atoms with Gasteiger partial charge in [-0.3, -0.25) is 9.59 Å². The zero-order chi connectivity index (χ0) is 13.4. The first kappa shape index (κ1) is 12.9. The van der Waals surface area contributed by atoms with Gasteiger partial charge in [0, 0.05) is 6.04 Å². The topological polar surface area (TPSA) is 49.4 Å². The Morgan fingerprint density at radius 2 is 1.63 bits per heavy atom.